The Kier molecular flexibility index (Phi) is 5.12. The van der Waals surface area contributed by atoms with Crippen LogP contribution in [0.1, 0.15) is 23.1 Å². The van der Waals surface area contributed by atoms with E-state index in [2.05, 4.69) is 31.3 Å². The van der Waals surface area contributed by atoms with Crippen molar-refractivity contribution in [1.82, 2.24) is 10.2 Å². The van der Waals surface area contributed by atoms with Gasteiger partial charge in [-0.15, -0.1) is 12.4 Å². The van der Waals surface area contributed by atoms with Crippen molar-refractivity contribution >= 4 is 18.3 Å². The Hall–Kier alpha value is -1.26. The highest BCUT2D eigenvalue weighted by atomic mass is 35.5. The van der Waals surface area contributed by atoms with E-state index in [0.717, 1.165) is 38.3 Å². The van der Waals surface area contributed by atoms with E-state index in [9.17, 15) is 4.79 Å². The number of nitrogens with one attached hydrogen (secondary N) is 1. The lowest BCUT2D eigenvalue weighted by molar-refractivity contribution is -0.137. The fraction of sp³-hybridized carbons (Fsp3) is 0.562. The van der Waals surface area contributed by atoms with Crippen LogP contribution in [0, 0.1) is 13.8 Å². The number of ether oxygens (including phenoxy) is 1. The number of fused-ring (bicyclic) bond motifs is 1. The van der Waals surface area contributed by atoms with Crippen LogP contribution in [0.2, 0.25) is 0 Å². The van der Waals surface area contributed by atoms with Gasteiger partial charge in [-0.25, -0.2) is 0 Å². The van der Waals surface area contributed by atoms with E-state index in [0.29, 0.717) is 6.42 Å². The van der Waals surface area contributed by atoms with Gasteiger partial charge in [-0.05, 0) is 49.6 Å². The molecule has 0 aromatic heterocycles. The van der Waals surface area contributed by atoms with Crippen molar-refractivity contribution in [3.63, 3.8) is 0 Å². The van der Waals surface area contributed by atoms with E-state index < -0.39 is 0 Å². The molecule has 1 N–H and O–H groups in total. The van der Waals surface area contributed by atoms with E-state index >= 15 is 0 Å². The second-order valence-electron chi connectivity index (χ2n) is 5.78. The highest BCUT2D eigenvalue weighted by Crippen LogP contribution is 2.32. The lowest BCUT2D eigenvalue weighted by Crippen LogP contribution is -2.43. The second kappa shape index (κ2) is 6.67. The van der Waals surface area contributed by atoms with Crippen LogP contribution in [0.3, 0.4) is 0 Å². The van der Waals surface area contributed by atoms with Crippen molar-refractivity contribution in [2.24, 2.45) is 0 Å². The predicted octanol–water partition coefficient (Wildman–Crippen LogP) is 1.85. The van der Waals surface area contributed by atoms with Crippen LogP contribution in [0.5, 0.6) is 5.75 Å². The van der Waals surface area contributed by atoms with Gasteiger partial charge in [-0.1, -0.05) is 6.07 Å². The lowest BCUT2D eigenvalue weighted by Gasteiger charge is -2.23. The number of rotatable bonds is 1. The average molecular weight is 311 g/mol. The summed E-state index contributed by atoms with van der Waals surface area (Å²) in [6.07, 6.45) is 1.40. The summed E-state index contributed by atoms with van der Waals surface area (Å²) in [6, 6.07) is 4.21. The first-order valence-electron chi connectivity index (χ1n) is 7.41. The third-order valence-corrected chi connectivity index (χ3v) is 4.28. The van der Waals surface area contributed by atoms with Gasteiger partial charge in [0.15, 0.2) is 6.10 Å². The third kappa shape index (κ3) is 3.33. The van der Waals surface area contributed by atoms with Gasteiger partial charge in [0.2, 0.25) is 0 Å². The van der Waals surface area contributed by atoms with Gasteiger partial charge >= 0.3 is 0 Å². The zero-order valence-corrected chi connectivity index (χ0v) is 13.5. The van der Waals surface area contributed by atoms with E-state index in [1.54, 1.807) is 0 Å². The normalized spacial score (nSPS) is 21.0. The number of aryl methyl sites for hydroxylation is 2. The molecule has 0 bridgehead atoms. The maximum absolute atomic E-state index is 12.6. The van der Waals surface area contributed by atoms with Crippen molar-refractivity contribution in [2.75, 3.05) is 26.2 Å². The fourth-order valence-electron chi connectivity index (χ4n) is 2.92. The number of carbonyl (C=O) groups excluding carboxylic acids is 1. The molecule has 0 aliphatic carbocycles. The number of amides is 1. The van der Waals surface area contributed by atoms with Crippen LogP contribution < -0.4 is 10.1 Å². The first-order valence-corrected chi connectivity index (χ1v) is 7.41. The number of nitrogens with zero attached hydrogens (tertiary/aromatic N) is 1. The van der Waals surface area contributed by atoms with Crippen LogP contribution in [-0.2, 0) is 11.2 Å². The summed E-state index contributed by atoms with van der Waals surface area (Å²) in [6.45, 7) is 7.67. The summed E-state index contributed by atoms with van der Waals surface area (Å²) in [7, 11) is 0. The molecule has 5 heteroatoms. The van der Waals surface area contributed by atoms with Crippen molar-refractivity contribution in [3.05, 3.63) is 28.8 Å². The number of hydrogen-bond donors (Lipinski definition) is 1. The zero-order valence-electron chi connectivity index (χ0n) is 12.6. The average Bonchev–Trinajstić information content (AvgIpc) is 2.66. The first kappa shape index (κ1) is 16.1. The SMILES string of the molecule is Cc1cc2c(cc1C)OC(C(=O)N1CCCNCC1)C2.Cl. The first-order chi connectivity index (χ1) is 9.65. The van der Waals surface area contributed by atoms with Crippen molar-refractivity contribution in [2.45, 2.75) is 32.8 Å². The summed E-state index contributed by atoms with van der Waals surface area (Å²) in [5.41, 5.74) is 3.65. The molecule has 1 fully saturated rings. The quantitative estimate of drug-likeness (QED) is 0.861. The molecule has 0 spiro atoms. The number of carbonyl (C=O) groups is 1. The number of hydrogen-bond acceptors (Lipinski definition) is 3. The van der Waals surface area contributed by atoms with Crippen molar-refractivity contribution in [3.8, 4) is 5.75 Å². The summed E-state index contributed by atoms with van der Waals surface area (Å²) in [4.78, 5) is 14.5. The van der Waals surface area contributed by atoms with Gasteiger partial charge < -0.3 is 15.0 Å². The van der Waals surface area contributed by atoms with Gasteiger partial charge in [0, 0.05) is 26.1 Å². The Bertz CT molecular complexity index is 494. The number of halogens is 1. The van der Waals surface area contributed by atoms with Crippen LogP contribution in [0.4, 0.5) is 0 Å². The van der Waals surface area contributed by atoms with Gasteiger partial charge in [-0.2, -0.15) is 0 Å². The predicted molar refractivity (Wildman–Crippen MR) is 85.4 cm³/mol. The van der Waals surface area contributed by atoms with E-state index in [4.69, 9.17) is 4.74 Å². The highest BCUT2D eigenvalue weighted by Gasteiger charge is 2.32. The molecule has 1 atom stereocenters. The van der Waals surface area contributed by atoms with Crippen LogP contribution in [-0.4, -0.2) is 43.1 Å². The third-order valence-electron chi connectivity index (χ3n) is 4.28. The minimum Gasteiger partial charge on any atom is -0.480 e. The van der Waals surface area contributed by atoms with Gasteiger partial charge in [-0.3, -0.25) is 4.79 Å². The largest absolute Gasteiger partial charge is 0.480 e. The number of benzene rings is 1. The lowest BCUT2D eigenvalue weighted by atomic mass is 10.0. The molecule has 0 saturated carbocycles. The Morgan fingerprint density at radius 1 is 1.24 bits per heavy atom. The summed E-state index contributed by atoms with van der Waals surface area (Å²) in [5, 5.41) is 3.32. The van der Waals surface area contributed by atoms with Crippen molar-refractivity contribution in [1.29, 1.82) is 0 Å². The van der Waals surface area contributed by atoms with Crippen molar-refractivity contribution < 1.29 is 9.53 Å². The van der Waals surface area contributed by atoms with E-state index in [1.807, 2.05) is 4.90 Å². The molecule has 1 unspecified atom stereocenters. The second-order valence-corrected chi connectivity index (χ2v) is 5.78. The molecule has 4 nitrogen and oxygen atoms in total. The van der Waals surface area contributed by atoms with Gasteiger partial charge in [0.05, 0.1) is 0 Å². The summed E-state index contributed by atoms with van der Waals surface area (Å²) in [5.74, 6) is 1.03. The topological polar surface area (TPSA) is 41.6 Å². The summed E-state index contributed by atoms with van der Waals surface area (Å²) >= 11 is 0. The standard InChI is InChI=1S/C16H22N2O2.ClH/c1-11-8-13-10-15(20-14(13)9-12(11)2)16(19)18-6-3-4-17-5-7-18;/h8-9,15,17H,3-7,10H2,1-2H3;1H. The smallest absolute Gasteiger partial charge is 0.264 e. The summed E-state index contributed by atoms with van der Waals surface area (Å²) < 4.78 is 5.89. The molecule has 2 aliphatic heterocycles. The van der Waals surface area contributed by atoms with Crippen LogP contribution in [0.15, 0.2) is 12.1 Å². The molecule has 3 rings (SSSR count). The molecule has 116 valence electrons. The Morgan fingerprint density at radius 2 is 2.00 bits per heavy atom. The van der Waals surface area contributed by atoms with Crippen LogP contribution in [0.25, 0.3) is 0 Å². The van der Waals surface area contributed by atoms with Gasteiger partial charge in [0.1, 0.15) is 5.75 Å². The molecule has 1 saturated heterocycles. The Morgan fingerprint density at radius 3 is 2.81 bits per heavy atom. The molecule has 2 heterocycles. The Labute approximate surface area is 132 Å². The minimum atomic E-state index is -0.329. The molecule has 2 aliphatic rings. The minimum absolute atomic E-state index is 0. The Balaban J connectivity index is 0.00000161. The molecular formula is C16H23ClN2O2. The van der Waals surface area contributed by atoms with Crippen LogP contribution >= 0.6 is 12.4 Å². The van der Waals surface area contributed by atoms with E-state index in [1.165, 1.54) is 16.7 Å². The molecule has 1 amide bonds. The molecule has 21 heavy (non-hydrogen) atoms. The molecule has 1 aromatic rings. The zero-order chi connectivity index (χ0) is 14.1. The molecular weight excluding hydrogens is 288 g/mol. The fourth-order valence-corrected chi connectivity index (χ4v) is 2.92. The monoisotopic (exact) mass is 310 g/mol. The molecule has 0 radical (unpaired) electrons. The molecule has 1 aromatic carbocycles. The van der Waals surface area contributed by atoms with Gasteiger partial charge in [0.25, 0.3) is 5.91 Å². The maximum Gasteiger partial charge on any atom is 0.264 e. The van der Waals surface area contributed by atoms with E-state index in [-0.39, 0.29) is 24.4 Å². The maximum atomic E-state index is 12.6. The highest BCUT2D eigenvalue weighted by molar-refractivity contribution is 5.85.